The summed E-state index contributed by atoms with van der Waals surface area (Å²) in [5, 5.41) is 0. The lowest BCUT2D eigenvalue weighted by Gasteiger charge is -2.25. The largest absolute Gasteiger partial charge is 0.462 e. The van der Waals surface area contributed by atoms with Crippen molar-refractivity contribution in [1.29, 1.82) is 0 Å². The highest BCUT2D eigenvalue weighted by Gasteiger charge is 2.39. The summed E-state index contributed by atoms with van der Waals surface area (Å²) < 4.78 is 18.5. The Kier molecular flexibility index (Phi) is 2.93. The molecule has 0 spiro atoms. The van der Waals surface area contributed by atoms with Crippen molar-refractivity contribution < 1.29 is 9.13 Å². The summed E-state index contributed by atoms with van der Waals surface area (Å²) in [7, 11) is 0. The van der Waals surface area contributed by atoms with Crippen LogP contribution in [0.4, 0.5) is 4.39 Å². The summed E-state index contributed by atoms with van der Waals surface area (Å²) in [6.07, 6.45) is 0. The van der Waals surface area contributed by atoms with Gasteiger partial charge in [-0.2, -0.15) is 0 Å². The number of amidine groups is 1. The molecule has 20 heavy (non-hydrogen) atoms. The summed E-state index contributed by atoms with van der Waals surface area (Å²) in [6.45, 7) is 2.35. The molecule has 4 heteroatoms. The fourth-order valence-electron chi connectivity index (χ4n) is 2.52. The van der Waals surface area contributed by atoms with E-state index in [0.29, 0.717) is 6.61 Å². The van der Waals surface area contributed by atoms with E-state index in [1.165, 1.54) is 12.1 Å². The summed E-state index contributed by atoms with van der Waals surface area (Å²) in [6, 6.07) is 14.5. The summed E-state index contributed by atoms with van der Waals surface area (Å²) in [5.41, 5.74) is 8.00. The van der Waals surface area contributed by atoms with E-state index in [-0.39, 0.29) is 11.8 Å². The van der Waals surface area contributed by atoms with E-state index in [1.54, 1.807) is 12.1 Å². The Hall–Kier alpha value is -2.36. The minimum atomic E-state index is -0.691. The predicted molar refractivity (Wildman–Crippen MR) is 75.9 cm³/mol. The van der Waals surface area contributed by atoms with Gasteiger partial charge in [-0.1, -0.05) is 42.0 Å². The standard InChI is InChI=1S/C16H15FN2O/c1-11-3-2-4-13(9-11)16(10-20-15(18)19-16)12-5-7-14(17)8-6-12/h2-9H,10H2,1H3,(H2,18,19). The highest BCUT2D eigenvalue weighted by Crippen LogP contribution is 2.37. The number of ether oxygens (including phenoxy) is 1. The number of hydrogen-bond donors (Lipinski definition) is 1. The lowest BCUT2D eigenvalue weighted by atomic mass is 9.84. The van der Waals surface area contributed by atoms with Crippen molar-refractivity contribution in [2.24, 2.45) is 10.7 Å². The molecule has 2 aromatic carbocycles. The van der Waals surface area contributed by atoms with Crippen molar-refractivity contribution in [1.82, 2.24) is 0 Å². The van der Waals surface area contributed by atoms with Crippen LogP contribution in [0.1, 0.15) is 16.7 Å². The molecule has 2 N–H and O–H groups in total. The van der Waals surface area contributed by atoms with E-state index >= 15 is 0 Å². The Balaban J connectivity index is 2.18. The van der Waals surface area contributed by atoms with Crippen LogP contribution in [0.25, 0.3) is 0 Å². The SMILES string of the molecule is Cc1cccc(C2(c3ccc(F)cc3)COC(N)=N2)c1. The molecule has 0 bridgehead atoms. The molecule has 0 amide bonds. The molecule has 0 saturated heterocycles. The Morgan fingerprint density at radius 1 is 1.15 bits per heavy atom. The van der Waals surface area contributed by atoms with Gasteiger partial charge in [0.25, 0.3) is 6.02 Å². The van der Waals surface area contributed by atoms with Gasteiger partial charge in [0.2, 0.25) is 0 Å². The molecule has 0 aliphatic carbocycles. The molecular formula is C16H15FN2O. The van der Waals surface area contributed by atoms with Crippen molar-refractivity contribution in [2.45, 2.75) is 12.5 Å². The van der Waals surface area contributed by atoms with E-state index in [4.69, 9.17) is 10.5 Å². The van der Waals surface area contributed by atoms with Crippen LogP contribution < -0.4 is 5.73 Å². The van der Waals surface area contributed by atoms with E-state index in [2.05, 4.69) is 11.1 Å². The first-order valence-corrected chi connectivity index (χ1v) is 6.41. The van der Waals surface area contributed by atoms with Gasteiger partial charge in [-0.3, -0.25) is 0 Å². The van der Waals surface area contributed by atoms with Crippen LogP contribution in [0.2, 0.25) is 0 Å². The predicted octanol–water partition coefficient (Wildman–Crippen LogP) is 2.72. The van der Waals surface area contributed by atoms with Crippen LogP contribution in [0.3, 0.4) is 0 Å². The van der Waals surface area contributed by atoms with Crippen molar-refractivity contribution in [3.05, 3.63) is 71.0 Å². The lowest BCUT2D eigenvalue weighted by Crippen LogP contribution is -2.27. The normalized spacial score (nSPS) is 21.4. The third-order valence-electron chi connectivity index (χ3n) is 3.55. The number of nitrogens with zero attached hydrogens (tertiary/aromatic N) is 1. The molecule has 1 heterocycles. The van der Waals surface area contributed by atoms with E-state index in [1.807, 2.05) is 25.1 Å². The first-order chi connectivity index (χ1) is 9.60. The Morgan fingerprint density at radius 2 is 1.90 bits per heavy atom. The molecule has 1 unspecified atom stereocenters. The maximum atomic E-state index is 13.1. The van der Waals surface area contributed by atoms with E-state index in [9.17, 15) is 4.39 Å². The number of nitrogens with two attached hydrogens (primary N) is 1. The van der Waals surface area contributed by atoms with E-state index < -0.39 is 5.54 Å². The first-order valence-electron chi connectivity index (χ1n) is 6.41. The molecule has 102 valence electrons. The zero-order valence-corrected chi connectivity index (χ0v) is 11.1. The molecule has 3 rings (SSSR count). The first kappa shape index (κ1) is 12.7. The minimum Gasteiger partial charge on any atom is -0.462 e. The smallest absolute Gasteiger partial charge is 0.283 e. The van der Waals surface area contributed by atoms with Crippen LogP contribution >= 0.6 is 0 Å². The van der Waals surface area contributed by atoms with Gasteiger partial charge >= 0.3 is 0 Å². The second-order valence-electron chi connectivity index (χ2n) is 4.98. The average Bonchev–Trinajstić information content (AvgIpc) is 2.83. The quantitative estimate of drug-likeness (QED) is 0.912. The topological polar surface area (TPSA) is 47.6 Å². The fraction of sp³-hybridized carbons (Fsp3) is 0.188. The van der Waals surface area contributed by atoms with Crippen LogP contribution in [-0.2, 0) is 10.3 Å². The number of rotatable bonds is 2. The molecule has 0 fully saturated rings. The highest BCUT2D eigenvalue weighted by molar-refractivity contribution is 5.75. The molecule has 0 radical (unpaired) electrons. The maximum Gasteiger partial charge on any atom is 0.283 e. The van der Waals surface area contributed by atoms with Crippen molar-refractivity contribution >= 4 is 6.02 Å². The zero-order chi connectivity index (χ0) is 14.2. The minimum absolute atomic E-state index is 0.163. The van der Waals surface area contributed by atoms with Gasteiger partial charge in [-0.15, -0.1) is 0 Å². The number of benzene rings is 2. The number of halogens is 1. The Morgan fingerprint density at radius 3 is 2.50 bits per heavy atom. The van der Waals surface area contributed by atoms with Gasteiger partial charge in [-0.25, -0.2) is 9.38 Å². The molecule has 3 nitrogen and oxygen atoms in total. The highest BCUT2D eigenvalue weighted by atomic mass is 19.1. The van der Waals surface area contributed by atoms with Crippen LogP contribution in [0, 0.1) is 12.7 Å². The van der Waals surface area contributed by atoms with E-state index in [0.717, 1.165) is 16.7 Å². The summed E-state index contributed by atoms with van der Waals surface area (Å²) in [4.78, 5) is 4.48. The van der Waals surface area contributed by atoms with Crippen LogP contribution in [0.15, 0.2) is 53.5 Å². The molecule has 1 aliphatic heterocycles. The number of aliphatic imine (C=N–C) groups is 1. The number of aryl methyl sites for hydroxylation is 1. The molecule has 2 aromatic rings. The maximum absolute atomic E-state index is 13.1. The van der Waals surface area contributed by atoms with Gasteiger partial charge in [0.1, 0.15) is 12.4 Å². The Bertz CT molecular complexity index is 666. The third kappa shape index (κ3) is 2.03. The van der Waals surface area contributed by atoms with Gasteiger partial charge in [-0.05, 0) is 30.2 Å². The molecule has 1 aliphatic rings. The summed E-state index contributed by atoms with van der Waals surface area (Å²) in [5.74, 6) is -0.274. The number of hydrogen-bond acceptors (Lipinski definition) is 3. The molecule has 0 saturated carbocycles. The monoisotopic (exact) mass is 270 g/mol. The van der Waals surface area contributed by atoms with Crippen LogP contribution in [0.5, 0.6) is 0 Å². The molecule has 1 atom stereocenters. The van der Waals surface area contributed by atoms with Gasteiger partial charge in [0, 0.05) is 0 Å². The lowest BCUT2D eigenvalue weighted by molar-refractivity contribution is 0.278. The third-order valence-corrected chi connectivity index (χ3v) is 3.55. The van der Waals surface area contributed by atoms with Crippen molar-refractivity contribution in [2.75, 3.05) is 6.61 Å². The van der Waals surface area contributed by atoms with Crippen LogP contribution in [-0.4, -0.2) is 12.6 Å². The second kappa shape index (κ2) is 4.63. The van der Waals surface area contributed by atoms with Gasteiger partial charge in [0.05, 0.1) is 0 Å². The second-order valence-corrected chi connectivity index (χ2v) is 4.98. The van der Waals surface area contributed by atoms with Crippen molar-refractivity contribution in [3.63, 3.8) is 0 Å². The summed E-state index contributed by atoms with van der Waals surface area (Å²) >= 11 is 0. The molecule has 0 aromatic heterocycles. The molecular weight excluding hydrogens is 255 g/mol. The zero-order valence-electron chi connectivity index (χ0n) is 11.1. The van der Waals surface area contributed by atoms with Gasteiger partial charge in [0.15, 0.2) is 5.54 Å². The van der Waals surface area contributed by atoms with Crippen molar-refractivity contribution in [3.8, 4) is 0 Å². The fourth-order valence-corrected chi connectivity index (χ4v) is 2.52. The van der Waals surface area contributed by atoms with Gasteiger partial charge < -0.3 is 10.5 Å². The Labute approximate surface area is 116 Å². The average molecular weight is 270 g/mol.